The first-order chi connectivity index (χ1) is 29.2. The van der Waals surface area contributed by atoms with Crippen LogP contribution < -0.4 is 4.90 Å². The molecule has 0 bridgehead atoms. The van der Waals surface area contributed by atoms with Gasteiger partial charge in [0.2, 0.25) is 0 Å². The predicted octanol–water partition coefficient (Wildman–Crippen LogP) is 16.3. The molecule has 10 rings (SSSR count). The molecule has 59 heavy (non-hydrogen) atoms. The van der Waals surface area contributed by atoms with Crippen molar-refractivity contribution in [3.8, 4) is 66.8 Å². The molecular weight excluding hydrogens is 711 g/mol. The van der Waals surface area contributed by atoms with Crippen molar-refractivity contribution in [1.82, 2.24) is 0 Å². The van der Waals surface area contributed by atoms with Gasteiger partial charge in [-0.3, -0.25) is 0 Å². The van der Waals surface area contributed by atoms with E-state index in [1.54, 1.807) is 0 Å². The highest BCUT2D eigenvalue weighted by Gasteiger charge is 2.15. The third-order valence-electron chi connectivity index (χ3n) is 11.3. The maximum Gasteiger partial charge on any atom is 0.0462 e. The third kappa shape index (κ3) is 7.46. The summed E-state index contributed by atoms with van der Waals surface area (Å²) in [5.74, 6) is 0. The number of hydrogen-bond acceptors (Lipinski definition) is 1. The highest BCUT2D eigenvalue weighted by atomic mass is 15.1. The molecule has 0 spiro atoms. The molecular formula is C58H41N. The lowest BCUT2D eigenvalue weighted by Crippen LogP contribution is -2.09. The maximum atomic E-state index is 2.35. The molecule has 0 aliphatic rings. The number of fused-ring (bicyclic) bond motifs is 1. The van der Waals surface area contributed by atoms with Gasteiger partial charge in [0.1, 0.15) is 0 Å². The van der Waals surface area contributed by atoms with E-state index >= 15 is 0 Å². The second-order valence-electron chi connectivity index (χ2n) is 15.0. The van der Waals surface area contributed by atoms with Gasteiger partial charge in [0.15, 0.2) is 0 Å². The van der Waals surface area contributed by atoms with Crippen LogP contribution in [0.2, 0.25) is 0 Å². The van der Waals surface area contributed by atoms with Gasteiger partial charge in [-0.2, -0.15) is 0 Å². The fourth-order valence-electron chi connectivity index (χ4n) is 8.16. The topological polar surface area (TPSA) is 3.24 Å². The SMILES string of the molecule is c1ccc(-c2ccc(-c3ccc(-c4ccc(N(c5ccc(-c6ccccc6)cc5)c5ccc(-c6ccc7ccccc7c6)cc5)cc4)cc3-c3ccccc3)cc2)cc1. The number of benzene rings is 10. The predicted molar refractivity (Wildman–Crippen MR) is 251 cm³/mol. The Balaban J connectivity index is 1.000. The van der Waals surface area contributed by atoms with Crippen LogP contribution in [-0.2, 0) is 0 Å². The van der Waals surface area contributed by atoms with Crippen LogP contribution in [0.15, 0.2) is 249 Å². The van der Waals surface area contributed by atoms with Gasteiger partial charge in [-0.1, -0.05) is 200 Å². The Bertz CT molecular complexity index is 2970. The van der Waals surface area contributed by atoms with E-state index in [0.29, 0.717) is 0 Å². The van der Waals surface area contributed by atoms with Crippen molar-refractivity contribution in [2.75, 3.05) is 4.90 Å². The largest absolute Gasteiger partial charge is 0.311 e. The van der Waals surface area contributed by atoms with E-state index in [4.69, 9.17) is 0 Å². The van der Waals surface area contributed by atoms with Crippen LogP contribution in [0.5, 0.6) is 0 Å². The zero-order valence-electron chi connectivity index (χ0n) is 32.6. The number of anilines is 3. The van der Waals surface area contributed by atoms with Crippen LogP contribution in [0, 0.1) is 0 Å². The van der Waals surface area contributed by atoms with Gasteiger partial charge >= 0.3 is 0 Å². The summed E-state index contributed by atoms with van der Waals surface area (Å²) >= 11 is 0. The van der Waals surface area contributed by atoms with Crippen LogP contribution in [0.4, 0.5) is 17.1 Å². The molecule has 0 fully saturated rings. The molecule has 0 radical (unpaired) electrons. The lowest BCUT2D eigenvalue weighted by atomic mass is 9.90. The minimum Gasteiger partial charge on any atom is -0.311 e. The average molecular weight is 752 g/mol. The van der Waals surface area contributed by atoms with Crippen molar-refractivity contribution in [2.24, 2.45) is 0 Å². The van der Waals surface area contributed by atoms with Gasteiger partial charge in [0.25, 0.3) is 0 Å². The Morgan fingerprint density at radius 1 is 0.186 bits per heavy atom. The fraction of sp³-hybridized carbons (Fsp3) is 0. The summed E-state index contributed by atoms with van der Waals surface area (Å²) in [5.41, 5.74) is 17.7. The van der Waals surface area contributed by atoms with Crippen molar-refractivity contribution in [3.63, 3.8) is 0 Å². The smallest absolute Gasteiger partial charge is 0.0462 e. The van der Waals surface area contributed by atoms with Crippen LogP contribution in [0.3, 0.4) is 0 Å². The average Bonchev–Trinajstić information content (AvgIpc) is 3.33. The number of rotatable bonds is 9. The first-order valence-electron chi connectivity index (χ1n) is 20.2. The molecule has 0 saturated carbocycles. The van der Waals surface area contributed by atoms with Gasteiger partial charge in [-0.05, 0) is 126 Å². The Labute approximate surface area is 346 Å². The molecule has 0 aromatic heterocycles. The zero-order valence-corrected chi connectivity index (χ0v) is 32.6. The van der Waals surface area contributed by atoms with E-state index in [1.807, 2.05) is 0 Å². The van der Waals surface area contributed by atoms with Crippen LogP contribution in [0.1, 0.15) is 0 Å². The Morgan fingerprint density at radius 3 is 1.02 bits per heavy atom. The van der Waals surface area contributed by atoms with E-state index in [0.717, 1.165) is 17.1 Å². The quantitative estimate of drug-likeness (QED) is 0.142. The zero-order chi connectivity index (χ0) is 39.4. The molecule has 0 N–H and O–H groups in total. The highest BCUT2D eigenvalue weighted by Crippen LogP contribution is 2.40. The van der Waals surface area contributed by atoms with Crippen molar-refractivity contribution in [2.45, 2.75) is 0 Å². The molecule has 10 aromatic carbocycles. The van der Waals surface area contributed by atoms with Crippen molar-refractivity contribution in [3.05, 3.63) is 249 Å². The minimum atomic E-state index is 1.10. The van der Waals surface area contributed by atoms with Crippen LogP contribution >= 0.6 is 0 Å². The van der Waals surface area contributed by atoms with E-state index in [2.05, 4.69) is 254 Å². The Hall–Kier alpha value is -7.74. The summed E-state index contributed by atoms with van der Waals surface area (Å²) < 4.78 is 0. The molecule has 278 valence electrons. The van der Waals surface area contributed by atoms with E-state index in [-0.39, 0.29) is 0 Å². The standard InChI is InChI=1S/C58H41N/c1-4-12-42(13-5-1)45-20-23-50(24-21-45)57-39-32-53(41-58(57)49-17-8-3-9-18-49)48-30-37-56(38-31-48)59(54-33-26-46(27-34-54)43-14-6-2-7-15-43)55-35-28-47(29-36-55)52-25-22-44-16-10-11-19-51(44)40-52/h1-41H. The number of nitrogens with zero attached hydrogens (tertiary/aromatic N) is 1. The summed E-state index contributed by atoms with van der Waals surface area (Å²) in [4.78, 5) is 2.35. The second kappa shape index (κ2) is 16.0. The van der Waals surface area contributed by atoms with E-state index < -0.39 is 0 Å². The molecule has 0 aliphatic heterocycles. The molecule has 0 heterocycles. The first kappa shape index (κ1) is 35.7. The van der Waals surface area contributed by atoms with Gasteiger partial charge < -0.3 is 4.90 Å². The van der Waals surface area contributed by atoms with Gasteiger partial charge in [-0.25, -0.2) is 0 Å². The maximum absolute atomic E-state index is 2.35. The second-order valence-corrected chi connectivity index (χ2v) is 15.0. The van der Waals surface area contributed by atoms with Gasteiger partial charge in [-0.15, -0.1) is 0 Å². The monoisotopic (exact) mass is 751 g/mol. The molecule has 0 atom stereocenters. The van der Waals surface area contributed by atoms with Gasteiger partial charge in [0, 0.05) is 17.1 Å². The fourth-order valence-corrected chi connectivity index (χ4v) is 8.16. The Kier molecular flexibility index (Phi) is 9.68. The first-order valence-corrected chi connectivity index (χ1v) is 20.2. The molecule has 0 aliphatic carbocycles. The minimum absolute atomic E-state index is 1.10. The Morgan fingerprint density at radius 2 is 0.508 bits per heavy atom. The normalized spacial score (nSPS) is 11.1. The lowest BCUT2D eigenvalue weighted by molar-refractivity contribution is 1.28. The van der Waals surface area contributed by atoms with Crippen molar-refractivity contribution in [1.29, 1.82) is 0 Å². The summed E-state index contributed by atoms with van der Waals surface area (Å²) in [6.45, 7) is 0. The van der Waals surface area contributed by atoms with Crippen LogP contribution in [0.25, 0.3) is 77.5 Å². The van der Waals surface area contributed by atoms with Crippen LogP contribution in [-0.4, -0.2) is 0 Å². The summed E-state index contributed by atoms with van der Waals surface area (Å²) in [6, 6.07) is 89.8. The molecule has 0 unspecified atom stereocenters. The lowest BCUT2D eigenvalue weighted by Gasteiger charge is -2.26. The molecule has 0 saturated heterocycles. The van der Waals surface area contributed by atoms with E-state index in [9.17, 15) is 0 Å². The van der Waals surface area contributed by atoms with E-state index in [1.165, 1.54) is 77.5 Å². The molecule has 1 heteroatoms. The third-order valence-corrected chi connectivity index (χ3v) is 11.3. The van der Waals surface area contributed by atoms with Crippen molar-refractivity contribution < 1.29 is 0 Å². The molecule has 0 amide bonds. The van der Waals surface area contributed by atoms with Gasteiger partial charge in [0.05, 0.1) is 0 Å². The van der Waals surface area contributed by atoms with Crippen molar-refractivity contribution >= 4 is 27.8 Å². The highest BCUT2D eigenvalue weighted by molar-refractivity contribution is 5.90. The number of hydrogen-bond donors (Lipinski definition) is 0. The molecule has 1 nitrogen and oxygen atoms in total. The summed E-state index contributed by atoms with van der Waals surface area (Å²) in [5, 5.41) is 2.50. The summed E-state index contributed by atoms with van der Waals surface area (Å²) in [7, 11) is 0. The molecule has 10 aromatic rings. The summed E-state index contributed by atoms with van der Waals surface area (Å²) in [6.07, 6.45) is 0.